The van der Waals surface area contributed by atoms with Crippen molar-refractivity contribution in [2.75, 3.05) is 25.1 Å². The predicted molar refractivity (Wildman–Crippen MR) is 73.8 cm³/mol. The predicted octanol–water partition coefficient (Wildman–Crippen LogP) is 0.279. The summed E-state index contributed by atoms with van der Waals surface area (Å²) >= 11 is 0.965. The summed E-state index contributed by atoms with van der Waals surface area (Å²) < 4.78 is 34.2. The Labute approximate surface area is 120 Å². The smallest absolute Gasteiger partial charge is 0.249 e. The van der Waals surface area contributed by atoms with Crippen LogP contribution < -0.4 is 11.1 Å². The molecule has 11 heteroatoms. The van der Waals surface area contributed by atoms with E-state index in [4.69, 9.17) is 10.3 Å². The number of aryl methyl sites for hydroxylation is 1. The van der Waals surface area contributed by atoms with Crippen LogP contribution in [0.4, 0.5) is 10.8 Å². The summed E-state index contributed by atoms with van der Waals surface area (Å²) in [7, 11) is -0.811. The van der Waals surface area contributed by atoms with Crippen LogP contribution in [-0.2, 0) is 16.6 Å². The lowest BCUT2D eigenvalue weighted by Gasteiger charge is -2.12. The molecule has 0 spiro atoms. The summed E-state index contributed by atoms with van der Waals surface area (Å²) in [6, 6.07) is 0. The minimum absolute atomic E-state index is 0.0343. The van der Waals surface area contributed by atoms with E-state index in [1.165, 1.54) is 14.1 Å². The molecule has 0 aliphatic rings. The van der Waals surface area contributed by atoms with Crippen LogP contribution >= 0.6 is 11.5 Å². The summed E-state index contributed by atoms with van der Waals surface area (Å²) in [5, 5.41) is 6.88. The fraction of sp³-hybridized carbons (Fsp3) is 0.444. The first-order valence-electron chi connectivity index (χ1n) is 5.53. The monoisotopic (exact) mass is 318 g/mol. The van der Waals surface area contributed by atoms with Gasteiger partial charge in [0.15, 0.2) is 16.5 Å². The number of nitrogens with zero attached hydrogens (tertiary/aromatic N) is 4. The molecule has 0 aromatic carbocycles. The zero-order valence-corrected chi connectivity index (χ0v) is 12.7. The highest BCUT2D eigenvalue weighted by Gasteiger charge is 2.27. The van der Waals surface area contributed by atoms with Crippen LogP contribution in [-0.4, -0.2) is 41.3 Å². The van der Waals surface area contributed by atoms with Gasteiger partial charge in [-0.2, -0.15) is 9.36 Å². The summed E-state index contributed by atoms with van der Waals surface area (Å²) in [5.74, 6) is 0.822. The highest BCUT2D eigenvalue weighted by atomic mass is 32.2. The van der Waals surface area contributed by atoms with Gasteiger partial charge in [-0.15, -0.1) is 0 Å². The molecule has 0 radical (unpaired) electrons. The third kappa shape index (κ3) is 2.73. The van der Waals surface area contributed by atoms with Crippen molar-refractivity contribution in [1.82, 2.24) is 18.8 Å². The summed E-state index contributed by atoms with van der Waals surface area (Å²) in [4.78, 5) is 3.97. The summed E-state index contributed by atoms with van der Waals surface area (Å²) in [5.41, 5.74) is 5.64. The number of hydrogen-bond acceptors (Lipinski definition) is 9. The number of hydrogen-bond donors (Lipinski definition) is 2. The molecule has 0 saturated carbocycles. The Kier molecular flexibility index (Phi) is 3.92. The van der Waals surface area contributed by atoms with Crippen LogP contribution in [0.3, 0.4) is 0 Å². The fourth-order valence-corrected chi connectivity index (χ4v) is 3.48. The van der Waals surface area contributed by atoms with Crippen molar-refractivity contribution in [3.8, 4) is 0 Å². The van der Waals surface area contributed by atoms with Gasteiger partial charge < -0.3 is 15.6 Å². The van der Waals surface area contributed by atoms with Crippen LogP contribution in [0.2, 0.25) is 0 Å². The molecule has 2 heterocycles. The molecule has 2 aromatic heterocycles. The van der Waals surface area contributed by atoms with E-state index >= 15 is 0 Å². The second kappa shape index (κ2) is 5.34. The van der Waals surface area contributed by atoms with Gasteiger partial charge in [-0.25, -0.2) is 12.7 Å². The van der Waals surface area contributed by atoms with Crippen LogP contribution in [0.1, 0.15) is 11.7 Å². The Balaban J connectivity index is 2.26. The first-order valence-corrected chi connectivity index (χ1v) is 7.74. The van der Waals surface area contributed by atoms with Gasteiger partial charge >= 0.3 is 0 Å². The van der Waals surface area contributed by atoms with Gasteiger partial charge in [0.25, 0.3) is 0 Å². The minimum Gasteiger partial charge on any atom is -0.382 e. The normalized spacial score (nSPS) is 12.0. The van der Waals surface area contributed by atoms with Gasteiger partial charge in [-0.3, -0.25) is 0 Å². The lowest BCUT2D eigenvalue weighted by atomic mass is 10.5. The molecule has 2 aromatic rings. The molecule has 3 N–H and O–H groups in total. The molecule has 0 aliphatic carbocycles. The fourth-order valence-electron chi connectivity index (χ4n) is 1.41. The van der Waals surface area contributed by atoms with E-state index in [9.17, 15) is 8.42 Å². The number of anilines is 2. The van der Waals surface area contributed by atoms with Crippen molar-refractivity contribution in [2.24, 2.45) is 0 Å². The van der Waals surface area contributed by atoms with Crippen LogP contribution in [0.15, 0.2) is 9.42 Å². The number of nitrogens with two attached hydrogens (primary N) is 1. The van der Waals surface area contributed by atoms with Gasteiger partial charge in [0, 0.05) is 14.1 Å². The maximum absolute atomic E-state index is 12.2. The highest BCUT2D eigenvalue weighted by molar-refractivity contribution is 7.89. The standard InChI is InChI=1S/C9H14N6O3S2/c1-5-12-6(18-13-5)4-11-9-7(8(10)14-19-9)20(16,17)15(2)3/h11H,4H2,1-3H3,(H2,10,14). The average molecular weight is 318 g/mol. The zero-order chi connectivity index (χ0) is 14.9. The zero-order valence-electron chi connectivity index (χ0n) is 11.1. The quantitative estimate of drug-likeness (QED) is 0.804. The van der Waals surface area contributed by atoms with Crippen LogP contribution in [0.5, 0.6) is 0 Å². The van der Waals surface area contributed by atoms with Gasteiger partial charge in [-0.05, 0) is 18.5 Å². The topological polar surface area (TPSA) is 127 Å². The van der Waals surface area contributed by atoms with E-state index in [0.29, 0.717) is 16.7 Å². The molecular formula is C9H14N6O3S2. The second-order valence-electron chi connectivity index (χ2n) is 4.10. The summed E-state index contributed by atoms with van der Waals surface area (Å²) in [6.45, 7) is 1.89. The minimum atomic E-state index is -3.67. The van der Waals surface area contributed by atoms with Crippen molar-refractivity contribution in [2.45, 2.75) is 18.4 Å². The molecule has 0 unspecified atom stereocenters. The third-order valence-corrected chi connectivity index (χ3v) is 5.22. The second-order valence-corrected chi connectivity index (χ2v) is 6.96. The lowest BCUT2D eigenvalue weighted by Crippen LogP contribution is -2.23. The number of sulfonamides is 1. The number of nitrogens with one attached hydrogen (secondary N) is 1. The van der Waals surface area contributed by atoms with Crippen molar-refractivity contribution in [1.29, 1.82) is 0 Å². The van der Waals surface area contributed by atoms with E-state index < -0.39 is 10.0 Å². The third-order valence-electron chi connectivity index (χ3n) is 2.38. The Bertz CT molecular complexity index is 705. The molecule has 0 atom stereocenters. The molecule has 0 aliphatic heterocycles. The average Bonchev–Trinajstić information content (AvgIpc) is 2.93. The van der Waals surface area contributed by atoms with Crippen molar-refractivity contribution in [3.63, 3.8) is 0 Å². The first kappa shape index (κ1) is 14.7. The van der Waals surface area contributed by atoms with E-state index in [0.717, 1.165) is 15.8 Å². The van der Waals surface area contributed by atoms with E-state index in [2.05, 4.69) is 19.8 Å². The molecule has 0 saturated heterocycles. The van der Waals surface area contributed by atoms with Crippen molar-refractivity contribution >= 4 is 32.4 Å². The molecular weight excluding hydrogens is 304 g/mol. The van der Waals surface area contributed by atoms with E-state index in [-0.39, 0.29) is 17.3 Å². The largest absolute Gasteiger partial charge is 0.382 e. The molecule has 110 valence electrons. The van der Waals surface area contributed by atoms with E-state index in [1.807, 2.05) is 0 Å². The SMILES string of the molecule is Cc1noc(CNc2snc(N)c2S(=O)(=O)N(C)C)n1. The van der Waals surface area contributed by atoms with Gasteiger partial charge in [0.2, 0.25) is 15.9 Å². The number of aromatic nitrogens is 3. The molecule has 0 amide bonds. The molecule has 20 heavy (non-hydrogen) atoms. The Morgan fingerprint density at radius 1 is 1.45 bits per heavy atom. The molecule has 0 fully saturated rings. The van der Waals surface area contributed by atoms with Gasteiger partial charge in [0.05, 0.1) is 6.54 Å². The Morgan fingerprint density at radius 2 is 2.15 bits per heavy atom. The van der Waals surface area contributed by atoms with E-state index in [1.54, 1.807) is 6.92 Å². The van der Waals surface area contributed by atoms with Crippen LogP contribution in [0, 0.1) is 6.92 Å². The molecule has 0 bridgehead atoms. The van der Waals surface area contributed by atoms with Crippen molar-refractivity contribution in [3.05, 3.63) is 11.7 Å². The number of rotatable bonds is 5. The molecule has 9 nitrogen and oxygen atoms in total. The van der Waals surface area contributed by atoms with Crippen molar-refractivity contribution < 1.29 is 12.9 Å². The summed E-state index contributed by atoms with van der Waals surface area (Å²) in [6.07, 6.45) is 0. The number of nitrogen functional groups attached to an aromatic ring is 1. The Morgan fingerprint density at radius 3 is 2.70 bits per heavy atom. The first-order chi connectivity index (χ1) is 9.32. The maximum atomic E-state index is 12.2. The van der Waals surface area contributed by atoms with Gasteiger partial charge in [0.1, 0.15) is 5.00 Å². The molecule has 2 rings (SSSR count). The van der Waals surface area contributed by atoms with Gasteiger partial charge in [-0.1, -0.05) is 5.16 Å². The Hall–Kier alpha value is -1.72. The lowest BCUT2D eigenvalue weighted by molar-refractivity contribution is 0.379. The highest BCUT2D eigenvalue weighted by Crippen LogP contribution is 2.33. The maximum Gasteiger partial charge on any atom is 0.249 e. The van der Waals surface area contributed by atoms with Crippen LogP contribution in [0.25, 0.3) is 0 Å².